The minimum atomic E-state index is -0.850. The molecule has 1 atom stereocenters. The van der Waals surface area contributed by atoms with E-state index in [9.17, 15) is 14.4 Å². The van der Waals surface area contributed by atoms with Gasteiger partial charge >= 0.3 is 17.9 Å². The molecular weight excluding hydrogens is 829 g/mol. The summed E-state index contributed by atoms with van der Waals surface area (Å²) in [5.41, 5.74) is 0. The molecule has 0 fully saturated rings. The first-order valence-corrected chi connectivity index (χ1v) is 25.8. The number of rotatable bonds is 43. The summed E-state index contributed by atoms with van der Waals surface area (Å²) in [6.07, 6.45) is 79.1. The van der Waals surface area contributed by atoms with Crippen molar-refractivity contribution in [3.8, 4) is 0 Å². The maximum Gasteiger partial charge on any atom is 0.306 e. The van der Waals surface area contributed by atoms with Gasteiger partial charge in [0.2, 0.25) is 0 Å². The number of ether oxygens (including phenoxy) is 3. The Morgan fingerprint density at radius 1 is 0.328 bits per heavy atom. The van der Waals surface area contributed by atoms with E-state index in [-0.39, 0.29) is 44.4 Å². The lowest BCUT2D eigenvalue weighted by Gasteiger charge is -2.18. The number of unbranched alkanes of at least 4 members (excludes halogenated alkanes) is 13. The van der Waals surface area contributed by atoms with Crippen molar-refractivity contribution in [2.24, 2.45) is 0 Å². The van der Waals surface area contributed by atoms with E-state index in [1.165, 1.54) is 44.9 Å². The van der Waals surface area contributed by atoms with Crippen LogP contribution >= 0.6 is 0 Å². The van der Waals surface area contributed by atoms with E-state index in [0.717, 1.165) is 70.6 Å². The molecule has 0 aliphatic heterocycles. The highest BCUT2D eigenvalue weighted by molar-refractivity contribution is 5.71. The van der Waals surface area contributed by atoms with Gasteiger partial charge in [-0.2, -0.15) is 0 Å². The van der Waals surface area contributed by atoms with E-state index in [1.54, 1.807) is 0 Å². The van der Waals surface area contributed by atoms with Crippen LogP contribution in [0.2, 0.25) is 0 Å². The van der Waals surface area contributed by atoms with E-state index < -0.39 is 12.1 Å². The van der Waals surface area contributed by atoms with Crippen molar-refractivity contribution in [3.05, 3.63) is 170 Å². The standard InChI is InChI=1S/C61H90O6/c1-4-7-10-13-16-19-22-25-28-30-33-36-39-42-45-48-51-54-60(63)66-57-58(56-65-59(62)53-50-47-44-41-38-35-32-27-24-21-18-15-12-9-6-3)67-61(64)55-52-49-46-43-40-37-34-31-29-26-23-20-17-14-11-8-5-2/h7,9-10,12-13,15-16,18-19,21-22,24-30,32-39,43,46,58H,4-6,8,11,14,17,20,23,31,40-42,44-45,47-57H2,1-3H3/b10-7-,12-9-,16-13-,18-15-,22-19-,24-21-,28-25-,29-26-,32-27-,33-30+,37-34-,38-35-,39-36-,46-43-. The molecule has 0 saturated heterocycles. The third-order valence-electron chi connectivity index (χ3n) is 9.98. The summed E-state index contributed by atoms with van der Waals surface area (Å²) in [5.74, 6) is -1.10. The third-order valence-corrected chi connectivity index (χ3v) is 9.98. The highest BCUT2D eigenvalue weighted by atomic mass is 16.6. The Hall–Kier alpha value is -5.23. The lowest BCUT2D eigenvalue weighted by Crippen LogP contribution is -2.30. The van der Waals surface area contributed by atoms with Gasteiger partial charge in [0, 0.05) is 19.3 Å². The van der Waals surface area contributed by atoms with Crippen LogP contribution in [-0.2, 0) is 28.6 Å². The molecule has 67 heavy (non-hydrogen) atoms. The lowest BCUT2D eigenvalue weighted by molar-refractivity contribution is -0.167. The summed E-state index contributed by atoms with van der Waals surface area (Å²) in [4.78, 5) is 38.0. The Morgan fingerprint density at radius 2 is 0.657 bits per heavy atom. The first kappa shape index (κ1) is 61.8. The van der Waals surface area contributed by atoms with Crippen molar-refractivity contribution < 1.29 is 28.6 Å². The van der Waals surface area contributed by atoms with Crippen LogP contribution in [0.1, 0.15) is 175 Å². The monoisotopic (exact) mass is 919 g/mol. The van der Waals surface area contributed by atoms with Gasteiger partial charge in [0.15, 0.2) is 6.10 Å². The summed E-state index contributed by atoms with van der Waals surface area (Å²) in [6.45, 7) is 6.19. The van der Waals surface area contributed by atoms with Crippen molar-refractivity contribution >= 4 is 17.9 Å². The molecule has 0 spiro atoms. The number of hydrogen-bond acceptors (Lipinski definition) is 6. The van der Waals surface area contributed by atoms with E-state index in [2.05, 4.69) is 81.5 Å². The number of hydrogen-bond donors (Lipinski definition) is 0. The zero-order valence-electron chi connectivity index (χ0n) is 42.1. The van der Waals surface area contributed by atoms with Gasteiger partial charge in [-0.1, -0.05) is 236 Å². The first-order chi connectivity index (χ1) is 33.0. The number of allylic oxidation sites excluding steroid dienone is 28. The highest BCUT2D eigenvalue weighted by Crippen LogP contribution is 2.11. The van der Waals surface area contributed by atoms with E-state index in [0.29, 0.717) is 19.3 Å². The highest BCUT2D eigenvalue weighted by Gasteiger charge is 2.19. The van der Waals surface area contributed by atoms with Crippen LogP contribution in [0.3, 0.4) is 0 Å². The molecule has 0 aliphatic rings. The van der Waals surface area contributed by atoms with Crippen LogP contribution in [0.25, 0.3) is 0 Å². The second-order valence-electron chi connectivity index (χ2n) is 16.2. The summed E-state index contributed by atoms with van der Waals surface area (Å²) in [6, 6.07) is 0. The fourth-order valence-corrected chi connectivity index (χ4v) is 6.16. The molecule has 0 aromatic carbocycles. The molecular formula is C61H90O6. The summed E-state index contributed by atoms with van der Waals surface area (Å²) < 4.78 is 16.7. The minimum absolute atomic E-state index is 0.144. The first-order valence-electron chi connectivity index (χ1n) is 25.8. The van der Waals surface area contributed by atoms with Gasteiger partial charge in [0.05, 0.1) is 0 Å². The van der Waals surface area contributed by atoms with Gasteiger partial charge in [-0.25, -0.2) is 0 Å². The second kappa shape index (κ2) is 53.4. The van der Waals surface area contributed by atoms with Gasteiger partial charge < -0.3 is 14.2 Å². The molecule has 1 unspecified atom stereocenters. The number of carbonyl (C=O) groups is 3. The maximum absolute atomic E-state index is 12.8. The van der Waals surface area contributed by atoms with Crippen molar-refractivity contribution in [2.45, 2.75) is 181 Å². The molecule has 0 heterocycles. The molecule has 0 aliphatic carbocycles. The Bertz CT molecular complexity index is 1620. The maximum atomic E-state index is 12.8. The summed E-state index contributed by atoms with van der Waals surface area (Å²) in [5, 5.41) is 0. The molecule has 0 aromatic heterocycles. The predicted octanol–water partition coefficient (Wildman–Crippen LogP) is 17.2. The molecule has 0 rings (SSSR count). The Morgan fingerprint density at radius 3 is 1.09 bits per heavy atom. The Kier molecular flexibility index (Phi) is 49.2. The SMILES string of the molecule is CC\C=C/C=C\C=C/C=C\C=C/CCCCCC(=O)OCC(COC(=O)CCCCC\C=C/C=C/C=C\C=C/C=C\C=C/CC)OC(=O)CCC/C=C\C/C=C\C/C=C\CCCCCCCC. The topological polar surface area (TPSA) is 78.9 Å². The Balaban J connectivity index is 4.68. The van der Waals surface area contributed by atoms with Crippen molar-refractivity contribution in [1.29, 1.82) is 0 Å². The molecule has 6 heteroatoms. The average Bonchev–Trinajstić information content (AvgIpc) is 3.33. The van der Waals surface area contributed by atoms with Crippen LogP contribution in [-0.4, -0.2) is 37.2 Å². The van der Waals surface area contributed by atoms with Crippen LogP contribution in [0.15, 0.2) is 170 Å². The Labute approximate surface area is 409 Å². The van der Waals surface area contributed by atoms with Gasteiger partial charge in [-0.15, -0.1) is 0 Å². The van der Waals surface area contributed by atoms with Gasteiger partial charge in [0.25, 0.3) is 0 Å². The molecule has 0 saturated carbocycles. The van der Waals surface area contributed by atoms with Crippen LogP contribution in [0.5, 0.6) is 0 Å². The van der Waals surface area contributed by atoms with Crippen LogP contribution in [0, 0.1) is 0 Å². The smallest absolute Gasteiger partial charge is 0.306 e. The normalized spacial score (nSPS) is 13.5. The minimum Gasteiger partial charge on any atom is -0.462 e. The molecule has 0 radical (unpaired) electrons. The molecule has 0 amide bonds. The largest absolute Gasteiger partial charge is 0.462 e. The molecule has 370 valence electrons. The molecule has 0 N–H and O–H groups in total. The van der Waals surface area contributed by atoms with Gasteiger partial charge in [-0.3, -0.25) is 14.4 Å². The van der Waals surface area contributed by atoms with Crippen LogP contribution in [0.4, 0.5) is 0 Å². The number of carbonyl (C=O) groups excluding carboxylic acids is 3. The summed E-state index contributed by atoms with van der Waals surface area (Å²) >= 11 is 0. The summed E-state index contributed by atoms with van der Waals surface area (Å²) in [7, 11) is 0. The quantitative estimate of drug-likeness (QED) is 0.0199. The zero-order chi connectivity index (χ0) is 48.6. The molecule has 0 aromatic rings. The second-order valence-corrected chi connectivity index (χ2v) is 16.2. The number of esters is 3. The van der Waals surface area contributed by atoms with Crippen LogP contribution < -0.4 is 0 Å². The van der Waals surface area contributed by atoms with Crippen molar-refractivity contribution in [1.82, 2.24) is 0 Å². The average molecular weight is 919 g/mol. The lowest BCUT2D eigenvalue weighted by atomic mass is 10.1. The third kappa shape index (κ3) is 51.6. The molecule has 0 bridgehead atoms. The van der Waals surface area contributed by atoms with E-state index in [4.69, 9.17) is 14.2 Å². The zero-order valence-corrected chi connectivity index (χ0v) is 42.1. The van der Waals surface area contributed by atoms with Gasteiger partial charge in [0.1, 0.15) is 13.2 Å². The van der Waals surface area contributed by atoms with E-state index in [1.807, 2.05) is 109 Å². The van der Waals surface area contributed by atoms with Crippen molar-refractivity contribution in [2.75, 3.05) is 13.2 Å². The van der Waals surface area contributed by atoms with E-state index >= 15 is 0 Å². The fourth-order valence-electron chi connectivity index (χ4n) is 6.16. The molecule has 6 nitrogen and oxygen atoms in total. The predicted molar refractivity (Wildman–Crippen MR) is 288 cm³/mol. The van der Waals surface area contributed by atoms with Gasteiger partial charge in [-0.05, 0) is 89.9 Å². The van der Waals surface area contributed by atoms with Crippen molar-refractivity contribution in [3.63, 3.8) is 0 Å². The fraction of sp³-hybridized carbons (Fsp3) is 0.492.